The number of carbonyl (C=O) groups excluding carboxylic acids is 2. The van der Waals surface area contributed by atoms with Crippen molar-refractivity contribution < 1.29 is 22.4 Å². The second kappa shape index (κ2) is 8.60. The van der Waals surface area contributed by atoms with E-state index in [0.29, 0.717) is 10.6 Å². The summed E-state index contributed by atoms with van der Waals surface area (Å²) < 4.78 is 40.7. The van der Waals surface area contributed by atoms with Crippen LogP contribution in [-0.2, 0) is 10.0 Å². The first-order valence-corrected chi connectivity index (χ1v) is 11.6. The number of amides is 2. The average Bonchev–Trinajstić information content (AvgIpc) is 3.37. The van der Waals surface area contributed by atoms with E-state index in [1.165, 1.54) is 17.4 Å². The van der Waals surface area contributed by atoms with Crippen molar-refractivity contribution in [3.05, 3.63) is 46.6 Å². The summed E-state index contributed by atoms with van der Waals surface area (Å²) in [5, 5.41) is 7.51. The molecule has 156 valence electrons. The quantitative estimate of drug-likeness (QED) is 0.661. The smallest absolute Gasteiger partial charge is 0.256 e. The van der Waals surface area contributed by atoms with Crippen molar-refractivity contribution >= 4 is 38.2 Å². The number of halogens is 1. The van der Waals surface area contributed by atoms with Crippen molar-refractivity contribution in [1.82, 2.24) is 9.62 Å². The van der Waals surface area contributed by atoms with Crippen LogP contribution < -0.4 is 10.6 Å². The summed E-state index contributed by atoms with van der Waals surface area (Å²) in [7, 11) is -4.06. The van der Waals surface area contributed by atoms with Gasteiger partial charge in [-0.25, -0.2) is 12.8 Å². The maximum absolute atomic E-state index is 14.2. The van der Waals surface area contributed by atoms with Crippen molar-refractivity contribution in [2.75, 3.05) is 18.4 Å². The van der Waals surface area contributed by atoms with Crippen molar-refractivity contribution in [3.63, 3.8) is 0 Å². The van der Waals surface area contributed by atoms with E-state index in [4.69, 9.17) is 0 Å². The van der Waals surface area contributed by atoms with Gasteiger partial charge in [0.15, 0.2) is 0 Å². The second-order valence-electron chi connectivity index (χ2n) is 6.60. The van der Waals surface area contributed by atoms with Gasteiger partial charge >= 0.3 is 0 Å². The molecule has 3 rings (SSSR count). The SMILES string of the molecule is CCN(CC)S(=O)(=O)c1cc(C(=O)Nc2sccc2C(=O)NC2CC2)ccc1F. The fourth-order valence-corrected chi connectivity index (χ4v) is 5.12. The molecule has 1 fully saturated rings. The van der Waals surface area contributed by atoms with Gasteiger partial charge in [0.2, 0.25) is 10.0 Å². The molecule has 2 aromatic rings. The zero-order valence-electron chi connectivity index (χ0n) is 16.1. The van der Waals surface area contributed by atoms with E-state index in [2.05, 4.69) is 10.6 Å². The molecule has 0 bridgehead atoms. The molecule has 7 nitrogen and oxygen atoms in total. The first-order valence-electron chi connectivity index (χ1n) is 9.27. The minimum absolute atomic E-state index is 0.0147. The topological polar surface area (TPSA) is 95.6 Å². The standard InChI is InChI=1S/C19H22FN3O4S2/c1-3-23(4-2)29(26,27)16-11-12(5-8-15(16)20)17(24)22-19-14(9-10-28-19)18(25)21-13-6-7-13/h5,8-11,13H,3-4,6-7H2,1-2H3,(H,21,25)(H,22,24). The molecule has 0 spiro atoms. The molecular formula is C19H22FN3O4S2. The Morgan fingerprint density at radius 1 is 1.17 bits per heavy atom. The van der Waals surface area contributed by atoms with Crippen LogP contribution in [0.2, 0.25) is 0 Å². The molecule has 1 saturated carbocycles. The number of carbonyl (C=O) groups is 2. The number of hydrogen-bond donors (Lipinski definition) is 2. The van der Waals surface area contributed by atoms with Gasteiger partial charge in [-0.1, -0.05) is 13.8 Å². The van der Waals surface area contributed by atoms with Crippen LogP contribution in [0.1, 0.15) is 47.4 Å². The van der Waals surface area contributed by atoms with Gasteiger partial charge in [0.1, 0.15) is 15.7 Å². The molecule has 0 aliphatic heterocycles. The Labute approximate surface area is 173 Å². The van der Waals surface area contributed by atoms with Gasteiger partial charge in [-0.15, -0.1) is 11.3 Å². The van der Waals surface area contributed by atoms with Crippen LogP contribution in [0.15, 0.2) is 34.5 Å². The lowest BCUT2D eigenvalue weighted by Gasteiger charge is -2.19. The van der Waals surface area contributed by atoms with E-state index >= 15 is 0 Å². The Bertz CT molecular complexity index is 1030. The van der Waals surface area contributed by atoms with E-state index in [-0.39, 0.29) is 30.6 Å². The minimum atomic E-state index is -4.06. The molecule has 1 aromatic carbocycles. The highest BCUT2D eigenvalue weighted by atomic mass is 32.2. The van der Waals surface area contributed by atoms with Crippen LogP contribution in [0, 0.1) is 5.82 Å². The maximum Gasteiger partial charge on any atom is 0.256 e. The number of benzene rings is 1. The molecule has 0 radical (unpaired) electrons. The summed E-state index contributed by atoms with van der Waals surface area (Å²) in [6, 6.07) is 4.98. The predicted molar refractivity (Wildman–Crippen MR) is 109 cm³/mol. The van der Waals surface area contributed by atoms with Crippen LogP contribution in [0.3, 0.4) is 0 Å². The van der Waals surface area contributed by atoms with Crippen molar-refractivity contribution in [3.8, 4) is 0 Å². The normalized spacial score (nSPS) is 14.1. The Balaban J connectivity index is 1.84. The number of rotatable bonds is 8. The number of hydrogen-bond acceptors (Lipinski definition) is 5. The van der Waals surface area contributed by atoms with Crippen LogP contribution in [0.25, 0.3) is 0 Å². The Hall–Kier alpha value is -2.30. The molecule has 1 aliphatic rings. The largest absolute Gasteiger partial charge is 0.349 e. The Kier molecular flexibility index (Phi) is 6.35. The molecule has 1 aromatic heterocycles. The van der Waals surface area contributed by atoms with Gasteiger partial charge in [-0.3, -0.25) is 9.59 Å². The fourth-order valence-electron chi connectivity index (χ4n) is 2.80. The van der Waals surface area contributed by atoms with Gasteiger partial charge in [-0.05, 0) is 42.5 Å². The molecule has 0 saturated heterocycles. The third-order valence-corrected chi connectivity index (χ3v) is 7.46. The highest BCUT2D eigenvalue weighted by Gasteiger charge is 2.28. The summed E-state index contributed by atoms with van der Waals surface area (Å²) >= 11 is 1.18. The highest BCUT2D eigenvalue weighted by Crippen LogP contribution is 2.27. The van der Waals surface area contributed by atoms with Crippen LogP contribution in [0.5, 0.6) is 0 Å². The van der Waals surface area contributed by atoms with Gasteiger partial charge < -0.3 is 10.6 Å². The van der Waals surface area contributed by atoms with Gasteiger partial charge in [0.05, 0.1) is 5.56 Å². The predicted octanol–water partition coefficient (Wildman–Crippen LogP) is 3.06. The summed E-state index contributed by atoms with van der Waals surface area (Å²) in [6.07, 6.45) is 1.88. The minimum Gasteiger partial charge on any atom is -0.349 e. The highest BCUT2D eigenvalue weighted by molar-refractivity contribution is 7.89. The lowest BCUT2D eigenvalue weighted by Crippen LogP contribution is -2.31. The molecule has 2 N–H and O–H groups in total. The summed E-state index contributed by atoms with van der Waals surface area (Å²) in [5.74, 6) is -1.81. The van der Waals surface area contributed by atoms with Gasteiger partial charge in [-0.2, -0.15) is 4.31 Å². The maximum atomic E-state index is 14.2. The second-order valence-corrected chi connectivity index (χ2v) is 9.42. The van der Waals surface area contributed by atoms with Crippen molar-refractivity contribution in [2.24, 2.45) is 0 Å². The van der Waals surface area contributed by atoms with E-state index < -0.39 is 26.6 Å². The summed E-state index contributed by atoms with van der Waals surface area (Å²) in [5.41, 5.74) is 0.326. The Morgan fingerprint density at radius 3 is 2.48 bits per heavy atom. The fraction of sp³-hybridized carbons (Fsp3) is 0.368. The molecule has 0 atom stereocenters. The third-order valence-electron chi connectivity index (χ3n) is 4.57. The zero-order valence-corrected chi connectivity index (χ0v) is 17.7. The molecular weight excluding hydrogens is 417 g/mol. The first kappa shape index (κ1) is 21.4. The van der Waals surface area contributed by atoms with Crippen LogP contribution >= 0.6 is 11.3 Å². The molecule has 10 heteroatoms. The van der Waals surface area contributed by atoms with Crippen molar-refractivity contribution in [2.45, 2.75) is 37.6 Å². The molecule has 0 unspecified atom stereocenters. The van der Waals surface area contributed by atoms with Gasteiger partial charge in [0.25, 0.3) is 11.8 Å². The van der Waals surface area contributed by atoms with Crippen molar-refractivity contribution in [1.29, 1.82) is 0 Å². The molecule has 1 heterocycles. The number of sulfonamides is 1. The number of anilines is 1. The lowest BCUT2D eigenvalue weighted by atomic mass is 10.2. The average molecular weight is 440 g/mol. The van der Waals surface area contributed by atoms with E-state index in [1.807, 2.05) is 0 Å². The zero-order chi connectivity index (χ0) is 21.2. The van der Waals surface area contributed by atoms with Crippen LogP contribution in [0.4, 0.5) is 9.39 Å². The molecule has 1 aliphatic carbocycles. The number of nitrogens with zero attached hydrogens (tertiary/aromatic N) is 1. The molecule has 2 amide bonds. The monoisotopic (exact) mass is 439 g/mol. The third kappa shape index (κ3) is 4.65. The summed E-state index contributed by atoms with van der Waals surface area (Å²) in [6.45, 7) is 3.67. The van der Waals surface area contributed by atoms with E-state index in [1.54, 1.807) is 25.3 Å². The number of nitrogens with one attached hydrogen (secondary N) is 2. The molecule has 29 heavy (non-hydrogen) atoms. The van der Waals surface area contributed by atoms with E-state index in [9.17, 15) is 22.4 Å². The van der Waals surface area contributed by atoms with Gasteiger partial charge in [0, 0.05) is 24.7 Å². The van der Waals surface area contributed by atoms with Crippen LogP contribution in [-0.4, -0.2) is 43.7 Å². The lowest BCUT2D eigenvalue weighted by molar-refractivity contribution is 0.0952. The summed E-state index contributed by atoms with van der Waals surface area (Å²) in [4.78, 5) is 24.4. The number of thiophene rings is 1. The Morgan fingerprint density at radius 2 is 1.86 bits per heavy atom. The first-order chi connectivity index (χ1) is 13.8. The van der Waals surface area contributed by atoms with E-state index in [0.717, 1.165) is 29.3 Å².